The third-order valence-electron chi connectivity index (χ3n) is 3.62. The Hall–Kier alpha value is -1.92. The minimum atomic E-state index is -0.181. The summed E-state index contributed by atoms with van der Waals surface area (Å²) in [6.07, 6.45) is 4.74. The fraction of sp³-hybridized carbons (Fsp3) is 0.235. The molecular formula is C17H16N2O2S2. The van der Waals surface area contributed by atoms with Crippen LogP contribution in [0.5, 0.6) is 0 Å². The van der Waals surface area contributed by atoms with Gasteiger partial charge in [-0.25, -0.2) is 9.97 Å². The molecular weight excluding hydrogens is 328 g/mol. The number of esters is 1. The van der Waals surface area contributed by atoms with E-state index in [0.717, 1.165) is 31.9 Å². The minimum Gasteiger partial charge on any atom is -0.469 e. The summed E-state index contributed by atoms with van der Waals surface area (Å²) in [5.41, 5.74) is 4.38. The number of thioether (sulfide) groups is 1. The number of thiophene rings is 1. The largest absolute Gasteiger partial charge is 0.469 e. The van der Waals surface area contributed by atoms with Crippen LogP contribution in [0.2, 0.25) is 0 Å². The summed E-state index contributed by atoms with van der Waals surface area (Å²) < 4.78 is 5.80. The van der Waals surface area contributed by atoms with Crippen molar-refractivity contribution in [1.29, 1.82) is 0 Å². The van der Waals surface area contributed by atoms with Crippen molar-refractivity contribution in [2.45, 2.75) is 17.9 Å². The number of aromatic nitrogens is 2. The van der Waals surface area contributed by atoms with Gasteiger partial charge in [0.2, 0.25) is 0 Å². The van der Waals surface area contributed by atoms with Gasteiger partial charge in [0.15, 0.2) is 0 Å². The van der Waals surface area contributed by atoms with E-state index in [2.05, 4.69) is 44.4 Å². The molecule has 0 unspecified atom stereocenters. The third-order valence-corrected chi connectivity index (χ3v) is 5.43. The number of aryl methyl sites for hydroxylation is 1. The number of rotatable bonds is 5. The first-order valence-corrected chi connectivity index (χ1v) is 9.25. The lowest BCUT2D eigenvalue weighted by Gasteiger charge is -2.04. The van der Waals surface area contributed by atoms with E-state index in [9.17, 15) is 4.79 Å². The zero-order chi connectivity index (χ0) is 16.2. The van der Waals surface area contributed by atoms with Crippen LogP contribution in [0.15, 0.2) is 41.0 Å². The predicted octanol–water partition coefficient (Wildman–Crippen LogP) is 4.19. The summed E-state index contributed by atoms with van der Waals surface area (Å²) in [7, 11) is 1.41. The van der Waals surface area contributed by atoms with Crippen LogP contribution in [-0.4, -0.2) is 29.3 Å². The van der Waals surface area contributed by atoms with Crippen molar-refractivity contribution in [2.75, 3.05) is 13.4 Å². The Morgan fingerprint density at radius 2 is 2.04 bits per heavy atom. The highest BCUT2D eigenvalue weighted by atomic mass is 32.2. The molecule has 0 aliphatic heterocycles. The molecule has 6 heteroatoms. The SMILES string of the molecule is COC(=O)CCc1ccc(-c2csc3c(SC)ncnc23)cc1. The molecule has 0 fully saturated rings. The van der Waals surface area contributed by atoms with Crippen molar-refractivity contribution in [3.8, 4) is 11.1 Å². The van der Waals surface area contributed by atoms with Crippen LogP contribution >= 0.6 is 23.1 Å². The lowest BCUT2D eigenvalue weighted by molar-refractivity contribution is -0.140. The van der Waals surface area contributed by atoms with Crippen molar-refractivity contribution in [3.63, 3.8) is 0 Å². The van der Waals surface area contributed by atoms with Crippen LogP contribution in [0, 0.1) is 0 Å². The maximum absolute atomic E-state index is 11.2. The molecule has 0 N–H and O–H groups in total. The molecule has 2 aromatic heterocycles. The van der Waals surface area contributed by atoms with E-state index in [1.54, 1.807) is 29.4 Å². The topological polar surface area (TPSA) is 52.1 Å². The maximum Gasteiger partial charge on any atom is 0.305 e. The van der Waals surface area contributed by atoms with Gasteiger partial charge in [-0.05, 0) is 23.8 Å². The minimum absolute atomic E-state index is 0.181. The van der Waals surface area contributed by atoms with Crippen LogP contribution in [0.3, 0.4) is 0 Å². The average molecular weight is 344 g/mol. The van der Waals surface area contributed by atoms with Crippen molar-refractivity contribution in [2.24, 2.45) is 0 Å². The van der Waals surface area contributed by atoms with Gasteiger partial charge in [-0.15, -0.1) is 23.1 Å². The second kappa shape index (κ2) is 7.10. The van der Waals surface area contributed by atoms with E-state index >= 15 is 0 Å². The normalized spacial score (nSPS) is 10.9. The van der Waals surface area contributed by atoms with E-state index in [4.69, 9.17) is 0 Å². The highest BCUT2D eigenvalue weighted by Gasteiger charge is 2.11. The molecule has 4 nitrogen and oxygen atoms in total. The summed E-state index contributed by atoms with van der Waals surface area (Å²) in [4.78, 5) is 20.0. The number of nitrogens with zero attached hydrogens (tertiary/aromatic N) is 2. The van der Waals surface area contributed by atoms with Crippen molar-refractivity contribution >= 4 is 39.3 Å². The van der Waals surface area contributed by atoms with Crippen LogP contribution in [-0.2, 0) is 16.0 Å². The Balaban J connectivity index is 1.86. The molecule has 3 aromatic rings. The van der Waals surface area contributed by atoms with Gasteiger partial charge in [0.25, 0.3) is 0 Å². The molecule has 2 heterocycles. The lowest BCUT2D eigenvalue weighted by atomic mass is 10.0. The van der Waals surface area contributed by atoms with E-state index in [1.807, 2.05) is 6.26 Å². The Morgan fingerprint density at radius 3 is 2.74 bits per heavy atom. The van der Waals surface area contributed by atoms with Crippen LogP contribution in [0.25, 0.3) is 21.3 Å². The first kappa shape index (κ1) is 16.0. The zero-order valence-electron chi connectivity index (χ0n) is 12.9. The van der Waals surface area contributed by atoms with E-state index < -0.39 is 0 Å². The van der Waals surface area contributed by atoms with Crippen molar-refractivity contribution < 1.29 is 9.53 Å². The molecule has 0 saturated carbocycles. The average Bonchev–Trinajstić information content (AvgIpc) is 3.04. The second-order valence-corrected chi connectivity index (χ2v) is 6.66. The lowest BCUT2D eigenvalue weighted by Crippen LogP contribution is -2.01. The highest BCUT2D eigenvalue weighted by molar-refractivity contribution is 7.98. The molecule has 0 saturated heterocycles. The second-order valence-electron chi connectivity index (χ2n) is 4.98. The number of hydrogen-bond donors (Lipinski definition) is 0. The van der Waals surface area contributed by atoms with Crippen molar-refractivity contribution in [1.82, 2.24) is 9.97 Å². The van der Waals surface area contributed by atoms with Gasteiger partial charge in [-0.3, -0.25) is 4.79 Å². The Kier molecular flexibility index (Phi) is 4.93. The Bertz CT molecular complexity index is 828. The summed E-state index contributed by atoms with van der Waals surface area (Å²) in [6.45, 7) is 0. The number of hydrogen-bond acceptors (Lipinski definition) is 6. The Morgan fingerprint density at radius 1 is 1.26 bits per heavy atom. The molecule has 0 spiro atoms. The molecule has 0 amide bonds. The molecule has 0 bridgehead atoms. The van der Waals surface area contributed by atoms with E-state index in [-0.39, 0.29) is 5.97 Å². The molecule has 0 atom stereocenters. The monoisotopic (exact) mass is 344 g/mol. The quantitative estimate of drug-likeness (QED) is 0.395. The van der Waals surface area contributed by atoms with Gasteiger partial charge < -0.3 is 4.74 Å². The number of fused-ring (bicyclic) bond motifs is 1. The molecule has 0 aliphatic carbocycles. The molecule has 0 aliphatic rings. The highest BCUT2D eigenvalue weighted by Crippen LogP contribution is 2.36. The van der Waals surface area contributed by atoms with Gasteiger partial charge in [0, 0.05) is 17.4 Å². The smallest absolute Gasteiger partial charge is 0.305 e. The molecule has 3 rings (SSSR count). The summed E-state index contributed by atoms with van der Waals surface area (Å²) in [5, 5.41) is 3.14. The number of methoxy groups -OCH3 is 1. The zero-order valence-corrected chi connectivity index (χ0v) is 14.5. The third kappa shape index (κ3) is 3.38. The fourth-order valence-corrected chi connectivity index (χ4v) is 4.12. The van der Waals surface area contributed by atoms with Gasteiger partial charge in [-0.2, -0.15) is 0 Å². The summed E-state index contributed by atoms with van der Waals surface area (Å²) >= 11 is 3.31. The van der Waals surface area contributed by atoms with Crippen molar-refractivity contribution in [3.05, 3.63) is 41.5 Å². The number of carbonyl (C=O) groups is 1. The van der Waals surface area contributed by atoms with Gasteiger partial charge in [0.05, 0.1) is 17.3 Å². The van der Waals surface area contributed by atoms with E-state index in [1.165, 1.54) is 7.11 Å². The first-order valence-electron chi connectivity index (χ1n) is 7.15. The molecule has 1 aromatic carbocycles. The number of ether oxygens (including phenoxy) is 1. The first-order chi connectivity index (χ1) is 11.2. The molecule has 118 valence electrons. The van der Waals surface area contributed by atoms with E-state index in [0.29, 0.717) is 12.8 Å². The van der Waals surface area contributed by atoms with Gasteiger partial charge in [-0.1, -0.05) is 24.3 Å². The van der Waals surface area contributed by atoms with Crippen LogP contribution < -0.4 is 0 Å². The Labute approximate surface area is 142 Å². The van der Waals surface area contributed by atoms with Crippen LogP contribution in [0.1, 0.15) is 12.0 Å². The van der Waals surface area contributed by atoms with Gasteiger partial charge >= 0.3 is 5.97 Å². The molecule has 0 radical (unpaired) electrons. The summed E-state index contributed by atoms with van der Waals surface area (Å²) in [5.74, 6) is -0.181. The maximum atomic E-state index is 11.2. The van der Waals surface area contributed by atoms with Crippen LogP contribution in [0.4, 0.5) is 0 Å². The number of carbonyl (C=O) groups excluding carboxylic acids is 1. The fourth-order valence-electron chi connectivity index (χ4n) is 2.38. The number of benzene rings is 1. The van der Waals surface area contributed by atoms with Gasteiger partial charge in [0.1, 0.15) is 11.4 Å². The predicted molar refractivity (Wildman–Crippen MR) is 95.0 cm³/mol. The standard InChI is InChI=1S/C17H16N2O2S2/c1-21-14(20)8-5-11-3-6-12(7-4-11)13-9-23-16-15(13)18-10-19-17(16)22-2/h3-4,6-7,9-10H,5,8H2,1-2H3. The molecule has 23 heavy (non-hydrogen) atoms. The summed E-state index contributed by atoms with van der Waals surface area (Å²) in [6, 6.07) is 8.26.